The van der Waals surface area contributed by atoms with Crippen molar-refractivity contribution in [2.75, 3.05) is 5.32 Å². The highest BCUT2D eigenvalue weighted by molar-refractivity contribution is 6.31. The maximum absolute atomic E-state index is 15.7. The zero-order chi connectivity index (χ0) is 27.4. The number of carbonyl (C=O) groups excluding carboxylic acids is 2. The first-order valence-corrected chi connectivity index (χ1v) is 13.4. The summed E-state index contributed by atoms with van der Waals surface area (Å²) < 4.78 is 30.6. The zero-order valence-corrected chi connectivity index (χ0v) is 22.3. The summed E-state index contributed by atoms with van der Waals surface area (Å²) in [4.78, 5) is 27.8. The molecule has 1 saturated carbocycles. The molecule has 2 heterocycles. The average molecular weight is 564 g/mol. The number of benzene rings is 2. The molecular weight excluding hydrogens is 535 g/mol. The van der Waals surface area contributed by atoms with E-state index in [1.807, 2.05) is 0 Å². The molecule has 38 heavy (non-hydrogen) atoms. The van der Waals surface area contributed by atoms with Gasteiger partial charge in [0.15, 0.2) is 0 Å². The second-order valence-electron chi connectivity index (χ2n) is 10.6. The fourth-order valence-corrected chi connectivity index (χ4v) is 6.76. The van der Waals surface area contributed by atoms with Crippen molar-refractivity contribution in [1.82, 2.24) is 10.6 Å². The van der Waals surface area contributed by atoms with Gasteiger partial charge in [-0.15, -0.1) is 6.58 Å². The van der Waals surface area contributed by atoms with Crippen molar-refractivity contribution in [2.24, 2.45) is 0 Å². The number of amides is 2. The molecule has 202 valence electrons. The minimum absolute atomic E-state index is 0.0757. The number of anilines is 1. The quantitative estimate of drug-likeness (QED) is 0.386. The molecule has 2 fully saturated rings. The largest absolute Gasteiger partial charge is 0.393 e. The van der Waals surface area contributed by atoms with Crippen LogP contribution in [0.15, 0.2) is 42.5 Å². The summed E-state index contributed by atoms with van der Waals surface area (Å²) in [5.41, 5.74) is -0.152. The summed E-state index contributed by atoms with van der Waals surface area (Å²) in [6.07, 6.45) is 2.20. The number of carbonyl (C=O) groups is 2. The van der Waals surface area contributed by atoms with Gasteiger partial charge >= 0.3 is 0 Å². The van der Waals surface area contributed by atoms with Crippen LogP contribution in [0.25, 0.3) is 0 Å². The van der Waals surface area contributed by atoms with Gasteiger partial charge in [0.1, 0.15) is 17.0 Å². The van der Waals surface area contributed by atoms with Gasteiger partial charge in [0.05, 0.1) is 22.2 Å². The van der Waals surface area contributed by atoms with Crippen molar-refractivity contribution in [3.63, 3.8) is 0 Å². The summed E-state index contributed by atoms with van der Waals surface area (Å²) in [5.74, 6) is -3.44. The molecular formula is C28H29Cl2F2N3O3. The Kier molecular flexibility index (Phi) is 7.28. The molecule has 6 nitrogen and oxygen atoms in total. The Morgan fingerprint density at radius 1 is 1.18 bits per heavy atom. The summed E-state index contributed by atoms with van der Waals surface area (Å²) in [6.45, 7) is 5.79. The lowest BCUT2D eigenvalue weighted by molar-refractivity contribution is -0.124. The SMILES string of the molecule is C=C(C)C[C@H]1N[C@@H](C(=O)NC2CCC(O)CC2)[C@H](c2cccc(Cl)c2F)[C@@]12C(=O)Nc1cc(Cl)c(F)cc12. The molecule has 5 rings (SSSR count). The van der Waals surface area contributed by atoms with E-state index in [-0.39, 0.29) is 28.1 Å². The highest BCUT2D eigenvalue weighted by Gasteiger charge is 2.66. The van der Waals surface area contributed by atoms with Gasteiger partial charge in [0.2, 0.25) is 11.8 Å². The minimum atomic E-state index is -1.56. The Hall–Kier alpha value is -2.52. The molecule has 4 N–H and O–H groups in total. The Balaban J connectivity index is 1.68. The molecule has 4 atom stereocenters. The Labute approximate surface area is 229 Å². The molecule has 3 aliphatic rings. The lowest BCUT2D eigenvalue weighted by atomic mass is 9.63. The van der Waals surface area contributed by atoms with E-state index in [0.717, 1.165) is 5.57 Å². The maximum Gasteiger partial charge on any atom is 0.238 e. The van der Waals surface area contributed by atoms with Gasteiger partial charge in [-0.1, -0.05) is 40.9 Å². The Morgan fingerprint density at radius 2 is 1.89 bits per heavy atom. The zero-order valence-electron chi connectivity index (χ0n) is 20.8. The molecule has 2 aromatic carbocycles. The number of aliphatic hydroxyl groups excluding tert-OH is 1. The molecule has 0 radical (unpaired) electrons. The first kappa shape index (κ1) is 27.1. The monoisotopic (exact) mass is 563 g/mol. The molecule has 2 amide bonds. The number of rotatable bonds is 5. The predicted molar refractivity (Wildman–Crippen MR) is 142 cm³/mol. The summed E-state index contributed by atoms with van der Waals surface area (Å²) in [6, 6.07) is 5.06. The first-order chi connectivity index (χ1) is 18.0. The molecule has 10 heteroatoms. The molecule has 2 aromatic rings. The van der Waals surface area contributed by atoms with Crippen molar-refractivity contribution in [1.29, 1.82) is 0 Å². The molecule has 0 bridgehead atoms. The van der Waals surface area contributed by atoms with E-state index >= 15 is 4.39 Å². The van der Waals surface area contributed by atoms with E-state index < -0.39 is 53.0 Å². The summed E-state index contributed by atoms with van der Waals surface area (Å²) in [7, 11) is 0. The molecule has 0 unspecified atom stereocenters. The van der Waals surface area contributed by atoms with Crippen LogP contribution in [-0.2, 0) is 15.0 Å². The van der Waals surface area contributed by atoms with Gasteiger partial charge in [0.25, 0.3) is 0 Å². The third-order valence-electron chi connectivity index (χ3n) is 8.08. The number of aliphatic hydroxyl groups is 1. The van der Waals surface area contributed by atoms with E-state index in [2.05, 4.69) is 22.5 Å². The van der Waals surface area contributed by atoms with Crippen LogP contribution in [0.5, 0.6) is 0 Å². The van der Waals surface area contributed by atoms with Crippen molar-refractivity contribution in [3.05, 3.63) is 75.3 Å². The topological polar surface area (TPSA) is 90.5 Å². The third kappa shape index (κ3) is 4.41. The molecule has 1 saturated heterocycles. The third-order valence-corrected chi connectivity index (χ3v) is 8.66. The normalized spacial score (nSPS) is 30.3. The number of hydrogen-bond donors (Lipinski definition) is 4. The highest BCUT2D eigenvalue weighted by Crippen LogP contribution is 2.56. The van der Waals surface area contributed by atoms with Crippen LogP contribution >= 0.6 is 23.2 Å². The second-order valence-corrected chi connectivity index (χ2v) is 11.4. The van der Waals surface area contributed by atoms with Crippen molar-refractivity contribution >= 4 is 40.7 Å². The predicted octanol–water partition coefficient (Wildman–Crippen LogP) is 4.97. The van der Waals surface area contributed by atoms with Crippen LogP contribution in [0.3, 0.4) is 0 Å². The van der Waals surface area contributed by atoms with Gasteiger partial charge in [-0.3, -0.25) is 9.59 Å². The van der Waals surface area contributed by atoms with Crippen LogP contribution in [-0.4, -0.2) is 41.2 Å². The molecule has 2 aliphatic heterocycles. The van der Waals surface area contributed by atoms with Crippen LogP contribution in [0.4, 0.5) is 14.5 Å². The standard InChI is InChI=1S/C28H29Cl2F2N3O3/c1-13(2)10-22-28(17-11-20(31)19(30)12-21(17)34-27(28)38)23(16-4-3-5-18(29)24(16)32)25(35-22)26(37)33-14-6-8-15(36)9-7-14/h3-5,11-12,14-15,22-23,25,35-36H,1,6-10H2,2H3,(H,33,37)(H,34,38)/t14?,15?,22-,23+,25-,28+/m1/s1. The lowest BCUT2D eigenvalue weighted by Gasteiger charge is -2.36. The van der Waals surface area contributed by atoms with E-state index in [1.165, 1.54) is 24.3 Å². The fraction of sp³-hybridized carbons (Fsp3) is 0.429. The van der Waals surface area contributed by atoms with E-state index in [1.54, 1.807) is 13.0 Å². The van der Waals surface area contributed by atoms with Gasteiger partial charge in [-0.05, 0) is 68.4 Å². The molecule has 0 aromatic heterocycles. The second kappa shape index (κ2) is 10.2. The van der Waals surface area contributed by atoms with Crippen molar-refractivity contribution in [2.45, 2.75) is 74.6 Å². The van der Waals surface area contributed by atoms with Crippen LogP contribution in [0.2, 0.25) is 10.0 Å². The van der Waals surface area contributed by atoms with Crippen molar-refractivity contribution < 1.29 is 23.5 Å². The molecule has 1 spiro atoms. The van der Waals surface area contributed by atoms with E-state index in [0.29, 0.717) is 36.9 Å². The van der Waals surface area contributed by atoms with Crippen molar-refractivity contribution in [3.8, 4) is 0 Å². The first-order valence-electron chi connectivity index (χ1n) is 12.7. The van der Waals surface area contributed by atoms with Crippen LogP contribution in [0.1, 0.15) is 56.1 Å². The maximum atomic E-state index is 15.7. The van der Waals surface area contributed by atoms with Gasteiger partial charge in [-0.25, -0.2) is 8.78 Å². The fourth-order valence-electron chi connectivity index (χ4n) is 6.41. The summed E-state index contributed by atoms with van der Waals surface area (Å²) >= 11 is 12.2. The number of fused-ring (bicyclic) bond motifs is 2. The van der Waals surface area contributed by atoms with Gasteiger partial charge in [0, 0.05) is 23.7 Å². The van der Waals surface area contributed by atoms with E-state index in [4.69, 9.17) is 23.2 Å². The molecule has 1 aliphatic carbocycles. The van der Waals surface area contributed by atoms with Crippen LogP contribution in [0, 0.1) is 11.6 Å². The highest BCUT2D eigenvalue weighted by atomic mass is 35.5. The lowest BCUT2D eigenvalue weighted by Crippen LogP contribution is -2.49. The number of hydrogen-bond acceptors (Lipinski definition) is 4. The number of nitrogens with one attached hydrogen (secondary N) is 3. The van der Waals surface area contributed by atoms with Gasteiger partial charge in [-0.2, -0.15) is 0 Å². The Morgan fingerprint density at radius 3 is 2.58 bits per heavy atom. The number of halogens is 4. The summed E-state index contributed by atoms with van der Waals surface area (Å²) in [5, 5.41) is 18.7. The smallest absolute Gasteiger partial charge is 0.238 e. The Bertz CT molecular complexity index is 1310. The van der Waals surface area contributed by atoms with E-state index in [9.17, 15) is 19.1 Å². The van der Waals surface area contributed by atoms with Gasteiger partial charge < -0.3 is 21.1 Å². The average Bonchev–Trinajstić information content (AvgIpc) is 3.33. The minimum Gasteiger partial charge on any atom is -0.393 e. The van der Waals surface area contributed by atoms with Crippen LogP contribution < -0.4 is 16.0 Å².